The van der Waals surface area contributed by atoms with Crippen molar-refractivity contribution in [2.24, 2.45) is 0 Å². The molecule has 0 aliphatic carbocycles. The zero-order valence-electron chi connectivity index (χ0n) is 35.2. The maximum Gasteiger partial charge on any atom is 0.123 e. The standard InChI is InChI=1S/C19H19ClN2.C18H18N2O.C16H14FN3.CH4/c20-14-7-9-17-16(12-14)15-10-11-21-18(19(15)22-17)8-6-13-4-2-1-3-5-13;1-11-4-2-3-5-13(11)17-18-14(8-9-19-17)15-10-12(21)6-7-16(15)20-18;17-11-3-4-14-13(8-11)12-5-7-19-15(16(12)20-14)10-2-1-6-18-9-10;/h1-5,7,9,12,18,21-22H,6,8,10-11H2;2-7,10,17,19-21H,8-9H2,1H3;1-4,6,8-9,15,19-20H,5,7H2;1H4. The molecule has 9 aromatic rings. The highest BCUT2D eigenvalue weighted by molar-refractivity contribution is 6.31. The minimum atomic E-state index is -0.184. The van der Waals surface area contributed by atoms with Crippen molar-refractivity contribution >= 4 is 44.3 Å². The molecule has 0 amide bonds. The van der Waals surface area contributed by atoms with Crippen LogP contribution in [0.1, 0.15) is 88.0 Å². The third-order valence-electron chi connectivity index (χ3n) is 12.9. The Kier molecular flexibility index (Phi) is 12.7. The highest BCUT2D eigenvalue weighted by Crippen LogP contribution is 2.37. The number of nitrogens with zero attached hydrogens (tertiary/aromatic N) is 1. The van der Waals surface area contributed by atoms with Crippen molar-refractivity contribution in [1.82, 2.24) is 35.9 Å². The lowest BCUT2D eigenvalue weighted by atomic mass is 9.92. The summed E-state index contributed by atoms with van der Waals surface area (Å²) in [5.74, 6) is 0.144. The van der Waals surface area contributed by atoms with Gasteiger partial charge in [-0.1, -0.05) is 79.7 Å². The second kappa shape index (κ2) is 18.9. The Morgan fingerprint density at radius 3 is 1.98 bits per heavy atom. The van der Waals surface area contributed by atoms with E-state index >= 15 is 0 Å². The summed E-state index contributed by atoms with van der Waals surface area (Å²) in [5.41, 5.74) is 16.1. The molecule has 64 heavy (non-hydrogen) atoms. The smallest absolute Gasteiger partial charge is 0.123 e. The molecule has 0 bridgehead atoms. The van der Waals surface area contributed by atoms with E-state index in [2.05, 4.69) is 116 Å². The molecule has 7 heterocycles. The molecule has 326 valence electrons. The molecule has 3 unspecified atom stereocenters. The van der Waals surface area contributed by atoms with Gasteiger partial charge in [0, 0.05) is 86.3 Å². The summed E-state index contributed by atoms with van der Waals surface area (Å²) in [6, 6.07) is 40.5. The van der Waals surface area contributed by atoms with Crippen molar-refractivity contribution in [1.29, 1.82) is 0 Å². The molecule has 0 fully saturated rings. The average molecular weight is 873 g/mol. The second-order valence-corrected chi connectivity index (χ2v) is 17.3. The zero-order chi connectivity index (χ0) is 42.9. The van der Waals surface area contributed by atoms with Crippen LogP contribution in [0.4, 0.5) is 4.39 Å². The maximum absolute atomic E-state index is 13.5. The lowest BCUT2D eigenvalue weighted by molar-refractivity contribution is 0.468. The zero-order valence-corrected chi connectivity index (χ0v) is 36.0. The first kappa shape index (κ1) is 43.0. The molecule has 0 spiro atoms. The highest BCUT2D eigenvalue weighted by Gasteiger charge is 2.28. The molecular weight excluding hydrogens is 817 g/mol. The van der Waals surface area contributed by atoms with Crippen LogP contribution in [-0.2, 0) is 25.7 Å². The molecule has 7 N–H and O–H groups in total. The summed E-state index contributed by atoms with van der Waals surface area (Å²) in [7, 11) is 0. The maximum atomic E-state index is 13.5. The third kappa shape index (κ3) is 8.69. The SMILES string of the molecule is C.Cc1ccccc1C1NCCc2c1[nH]c1ccc(O)cc21.Clc1ccc2[nH]c3c(c2c1)CCNC3CCc1ccccc1.Fc1ccc2[nH]c3c(c2c1)CCNC3c1cccnc1. The molecule has 3 aliphatic rings. The lowest BCUT2D eigenvalue weighted by Crippen LogP contribution is -2.30. The monoisotopic (exact) mass is 871 g/mol. The molecular formula is C54H55ClFN7O. The van der Waals surface area contributed by atoms with Gasteiger partial charge in [0.05, 0.1) is 12.1 Å². The quantitative estimate of drug-likeness (QED) is 0.0930. The summed E-state index contributed by atoms with van der Waals surface area (Å²) in [6.07, 6.45) is 8.81. The number of rotatable bonds is 5. The third-order valence-corrected chi connectivity index (χ3v) is 13.2. The van der Waals surface area contributed by atoms with Gasteiger partial charge in [0.25, 0.3) is 0 Å². The van der Waals surface area contributed by atoms with Gasteiger partial charge in [0.15, 0.2) is 0 Å². The van der Waals surface area contributed by atoms with Crippen molar-refractivity contribution < 1.29 is 9.50 Å². The fraction of sp³-hybridized carbons (Fsp3) is 0.241. The Labute approximate surface area is 378 Å². The van der Waals surface area contributed by atoms with Crippen LogP contribution in [0.15, 0.2) is 134 Å². The van der Waals surface area contributed by atoms with Crippen molar-refractivity contribution in [2.45, 2.75) is 64.6 Å². The van der Waals surface area contributed by atoms with Crippen LogP contribution in [0.25, 0.3) is 32.7 Å². The first-order chi connectivity index (χ1) is 30.9. The van der Waals surface area contributed by atoms with Gasteiger partial charge in [-0.2, -0.15) is 0 Å². The number of pyridine rings is 1. The molecule has 8 nitrogen and oxygen atoms in total. The summed E-state index contributed by atoms with van der Waals surface area (Å²) >= 11 is 6.17. The molecule has 0 radical (unpaired) electrons. The van der Waals surface area contributed by atoms with Gasteiger partial charge in [-0.05, 0) is 145 Å². The normalized spacial score (nSPS) is 17.6. The number of aromatic hydroxyl groups is 1. The summed E-state index contributed by atoms with van der Waals surface area (Å²) in [5, 5.41) is 24.8. The van der Waals surface area contributed by atoms with E-state index in [4.69, 9.17) is 11.6 Å². The number of fused-ring (bicyclic) bond motifs is 9. The van der Waals surface area contributed by atoms with Crippen LogP contribution in [0.3, 0.4) is 0 Å². The number of phenolic OH excluding ortho intramolecular Hbond substituents is 1. The second-order valence-electron chi connectivity index (χ2n) is 16.9. The summed E-state index contributed by atoms with van der Waals surface area (Å²) in [6.45, 7) is 5.02. The van der Waals surface area contributed by atoms with Gasteiger partial charge in [-0.15, -0.1) is 0 Å². The fourth-order valence-electron chi connectivity index (χ4n) is 9.91. The molecule has 3 aliphatic heterocycles. The van der Waals surface area contributed by atoms with Crippen LogP contribution in [-0.4, -0.2) is 44.7 Å². The number of benzene rings is 5. The van der Waals surface area contributed by atoms with Crippen LogP contribution < -0.4 is 16.0 Å². The number of hydrogen-bond donors (Lipinski definition) is 7. The van der Waals surface area contributed by atoms with Gasteiger partial charge >= 0.3 is 0 Å². The molecule has 12 rings (SSSR count). The van der Waals surface area contributed by atoms with E-state index in [-0.39, 0.29) is 25.3 Å². The predicted octanol–water partition coefficient (Wildman–Crippen LogP) is 11.6. The van der Waals surface area contributed by atoms with E-state index in [1.54, 1.807) is 18.3 Å². The number of aromatic amines is 3. The lowest BCUT2D eigenvalue weighted by Gasteiger charge is -2.26. The van der Waals surface area contributed by atoms with E-state index in [0.717, 1.165) is 89.8 Å². The van der Waals surface area contributed by atoms with Crippen LogP contribution >= 0.6 is 11.6 Å². The van der Waals surface area contributed by atoms with Crippen molar-refractivity contribution in [3.8, 4) is 5.75 Å². The number of hydrogen-bond acceptors (Lipinski definition) is 5. The van der Waals surface area contributed by atoms with E-state index in [9.17, 15) is 9.50 Å². The topological polar surface area (TPSA) is 117 Å². The van der Waals surface area contributed by atoms with Gasteiger partial charge in [-0.25, -0.2) is 4.39 Å². The van der Waals surface area contributed by atoms with E-state index in [0.29, 0.717) is 11.8 Å². The van der Waals surface area contributed by atoms with Gasteiger partial charge in [-0.3, -0.25) is 4.98 Å². The summed E-state index contributed by atoms with van der Waals surface area (Å²) in [4.78, 5) is 14.8. The Hall–Kier alpha value is -6.23. The van der Waals surface area contributed by atoms with Gasteiger partial charge in [0.1, 0.15) is 11.6 Å². The number of H-pyrrole nitrogens is 3. The van der Waals surface area contributed by atoms with Crippen LogP contribution in [0.5, 0.6) is 5.75 Å². The van der Waals surface area contributed by atoms with Crippen LogP contribution in [0, 0.1) is 12.7 Å². The largest absolute Gasteiger partial charge is 0.508 e. The summed E-state index contributed by atoms with van der Waals surface area (Å²) < 4.78 is 13.5. The Bertz CT molecular complexity index is 3030. The van der Waals surface area contributed by atoms with Crippen LogP contribution in [0.2, 0.25) is 5.02 Å². The van der Waals surface area contributed by atoms with Crippen molar-refractivity contribution in [3.63, 3.8) is 0 Å². The van der Waals surface area contributed by atoms with E-state index < -0.39 is 0 Å². The highest BCUT2D eigenvalue weighted by atomic mass is 35.5. The molecule has 10 heteroatoms. The minimum Gasteiger partial charge on any atom is -0.508 e. The molecule has 4 aromatic heterocycles. The number of phenols is 1. The molecule has 0 saturated carbocycles. The predicted molar refractivity (Wildman–Crippen MR) is 260 cm³/mol. The molecule has 0 saturated heterocycles. The number of nitrogens with one attached hydrogen (secondary N) is 6. The first-order valence-electron chi connectivity index (χ1n) is 22.0. The Morgan fingerprint density at radius 1 is 0.641 bits per heavy atom. The van der Waals surface area contributed by atoms with E-state index in [1.807, 2.05) is 36.5 Å². The van der Waals surface area contributed by atoms with E-state index in [1.165, 1.54) is 61.7 Å². The Balaban J connectivity index is 0.000000121. The number of aromatic nitrogens is 4. The van der Waals surface area contributed by atoms with Gasteiger partial charge < -0.3 is 36.0 Å². The molecule has 5 aromatic carbocycles. The van der Waals surface area contributed by atoms with Crippen molar-refractivity contribution in [2.75, 3.05) is 19.6 Å². The van der Waals surface area contributed by atoms with Crippen molar-refractivity contribution in [3.05, 3.63) is 201 Å². The minimum absolute atomic E-state index is 0. The Morgan fingerprint density at radius 2 is 1.25 bits per heavy atom. The number of aryl methyl sites for hydroxylation is 2. The van der Waals surface area contributed by atoms with Gasteiger partial charge in [0.2, 0.25) is 0 Å². The molecule has 3 atom stereocenters. The average Bonchev–Trinajstić information content (AvgIpc) is 4.01. The first-order valence-corrected chi connectivity index (χ1v) is 22.4. The fourth-order valence-corrected chi connectivity index (χ4v) is 10.1. The number of halogens is 2.